The predicted molar refractivity (Wildman–Crippen MR) is 99.9 cm³/mol. The molecule has 0 spiro atoms. The molecule has 0 radical (unpaired) electrons. The van der Waals surface area contributed by atoms with Crippen LogP contribution in [0.1, 0.15) is 21.6 Å². The van der Waals surface area contributed by atoms with Gasteiger partial charge in [-0.1, -0.05) is 11.6 Å². The standard InChI is InChI=1S/C19H17ClN4O/c1-13-10-15(20)2-4-17(13)24-19(25)18-5-3-16(12-23-18)22-11-14-6-8-21-9-7-14/h2-10,12,22H,11H2,1H3,(H,24,25). The van der Waals surface area contributed by atoms with Crippen molar-refractivity contribution in [3.8, 4) is 0 Å². The first kappa shape index (κ1) is 16.9. The monoisotopic (exact) mass is 352 g/mol. The average Bonchev–Trinajstić information content (AvgIpc) is 2.63. The highest BCUT2D eigenvalue weighted by atomic mass is 35.5. The zero-order valence-electron chi connectivity index (χ0n) is 13.7. The first-order valence-corrected chi connectivity index (χ1v) is 8.16. The third-order valence-corrected chi connectivity index (χ3v) is 3.91. The van der Waals surface area contributed by atoms with Crippen molar-refractivity contribution in [2.24, 2.45) is 0 Å². The maximum Gasteiger partial charge on any atom is 0.274 e. The van der Waals surface area contributed by atoms with Gasteiger partial charge in [-0.25, -0.2) is 4.98 Å². The molecule has 25 heavy (non-hydrogen) atoms. The van der Waals surface area contributed by atoms with Crippen LogP contribution in [0.3, 0.4) is 0 Å². The van der Waals surface area contributed by atoms with Gasteiger partial charge in [-0.3, -0.25) is 9.78 Å². The molecule has 0 aliphatic rings. The lowest BCUT2D eigenvalue weighted by Gasteiger charge is -2.09. The van der Waals surface area contributed by atoms with Crippen LogP contribution in [0.4, 0.5) is 11.4 Å². The molecule has 0 fully saturated rings. The second-order valence-corrected chi connectivity index (χ2v) is 5.99. The van der Waals surface area contributed by atoms with E-state index in [1.54, 1.807) is 42.9 Å². The Hall–Kier alpha value is -2.92. The normalized spacial score (nSPS) is 10.3. The molecule has 0 aliphatic carbocycles. The molecule has 0 aliphatic heterocycles. The van der Waals surface area contributed by atoms with Gasteiger partial charge in [0.15, 0.2) is 0 Å². The summed E-state index contributed by atoms with van der Waals surface area (Å²) in [5.74, 6) is -0.258. The quantitative estimate of drug-likeness (QED) is 0.718. The van der Waals surface area contributed by atoms with Gasteiger partial charge >= 0.3 is 0 Å². The minimum Gasteiger partial charge on any atom is -0.380 e. The molecule has 0 saturated heterocycles. The van der Waals surface area contributed by atoms with E-state index in [4.69, 9.17) is 11.6 Å². The second kappa shape index (κ2) is 7.77. The summed E-state index contributed by atoms with van der Waals surface area (Å²) in [6, 6.07) is 12.7. The van der Waals surface area contributed by atoms with Gasteiger partial charge in [0.25, 0.3) is 5.91 Å². The molecule has 126 valence electrons. The third-order valence-electron chi connectivity index (χ3n) is 3.68. The van der Waals surface area contributed by atoms with E-state index in [1.165, 1.54) is 0 Å². The summed E-state index contributed by atoms with van der Waals surface area (Å²) in [5.41, 5.74) is 3.93. The van der Waals surface area contributed by atoms with Gasteiger partial charge in [0, 0.05) is 29.6 Å². The fraction of sp³-hybridized carbons (Fsp3) is 0.105. The molecule has 2 N–H and O–H groups in total. The zero-order valence-corrected chi connectivity index (χ0v) is 14.4. The summed E-state index contributed by atoms with van der Waals surface area (Å²) < 4.78 is 0. The van der Waals surface area contributed by atoms with Crippen LogP contribution in [0.2, 0.25) is 5.02 Å². The molecule has 1 amide bonds. The number of hydrogen-bond donors (Lipinski definition) is 2. The molecule has 3 rings (SSSR count). The van der Waals surface area contributed by atoms with Crippen molar-refractivity contribution < 1.29 is 4.79 Å². The number of amides is 1. The molecule has 0 saturated carbocycles. The number of halogens is 1. The van der Waals surface area contributed by atoms with Crippen molar-refractivity contribution in [3.63, 3.8) is 0 Å². The Morgan fingerprint density at radius 2 is 1.92 bits per heavy atom. The largest absolute Gasteiger partial charge is 0.380 e. The van der Waals surface area contributed by atoms with Gasteiger partial charge in [0.2, 0.25) is 0 Å². The van der Waals surface area contributed by atoms with Crippen LogP contribution in [-0.4, -0.2) is 15.9 Å². The van der Waals surface area contributed by atoms with Crippen LogP contribution in [0.25, 0.3) is 0 Å². The molecule has 0 atom stereocenters. The van der Waals surface area contributed by atoms with Crippen molar-refractivity contribution in [1.82, 2.24) is 9.97 Å². The van der Waals surface area contributed by atoms with E-state index < -0.39 is 0 Å². The predicted octanol–water partition coefficient (Wildman–Crippen LogP) is 4.30. The molecule has 3 aromatic rings. The molecule has 1 aromatic carbocycles. The number of pyridine rings is 2. The summed E-state index contributed by atoms with van der Waals surface area (Å²) >= 11 is 5.93. The van der Waals surface area contributed by atoms with Gasteiger partial charge in [0.1, 0.15) is 5.69 Å². The van der Waals surface area contributed by atoms with Crippen LogP contribution in [-0.2, 0) is 6.54 Å². The Bertz CT molecular complexity index is 866. The van der Waals surface area contributed by atoms with Gasteiger partial charge in [0.05, 0.1) is 11.9 Å². The fourth-order valence-corrected chi connectivity index (χ4v) is 2.52. The smallest absolute Gasteiger partial charge is 0.274 e. The number of carbonyl (C=O) groups is 1. The van der Waals surface area contributed by atoms with Crippen molar-refractivity contribution in [2.45, 2.75) is 13.5 Å². The molecular weight excluding hydrogens is 336 g/mol. The Balaban J connectivity index is 1.62. The third kappa shape index (κ3) is 4.55. The Morgan fingerprint density at radius 1 is 1.12 bits per heavy atom. The van der Waals surface area contributed by atoms with Crippen LogP contribution >= 0.6 is 11.6 Å². The van der Waals surface area contributed by atoms with Crippen molar-refractivity contribution in [3.05, 3.63) is 82.9 Å². The highest BCUT2D eigenvalue weighted by molar-refractivity contribution is 6.30. The molecule has 0 bridgehead atoms. The minimum absolute atomic E-state index is 0.258. The lowest BCUT2D eigenvalue weighted by molar-refractivity contribution is 0.102. The molecular formula is C19H17ClN4O. The summed E-state index contributed by atoms with van der Waals surface area (Å²) in [7, 11) is 0. The van der Waals surface area contributed by atoms with E-state index in [9.17, 15) is 4.79 Å². The topological polar surface area (TPSA) is 66.9 Å². The zero-order chi connectivity index (χ0) is 17.6. The number of carbonyl (C=O) groups excluding carboxylic acids is 1. The van der Waals surface area contributed by atoms with Gasteiger partial charge in [-0.05, 0) is 60.5 Å². The van der Waals surface area contributed by atoms with Crippen molar-refractivity contribution in [1.29, 1.82) is 0 Å². The van der Waals surface area contributed by atoms with E-state index in [-0.39, 0.29) is 5.91 Å². The molecule has 6 heteroatoms. The number of nitrogens with zero attached hydrogens (tertiary/aromatic N) is 2. The maximum absolute atomic E-state index is 12.3. The maximum atomic E-state index is 12.3. The van der Waals surface area contributed by atoms with Gasteiger partial charge in [-0.15, -0.1) is 0 Å². The second-order valence-electron chi connectivity index (χ2n) is 5.55. The molecule has 5 nitrogen and oxygen atoms in total. The Kier molecular flexibility index (Phi) is 5.26. The van der Waals surface area contributed by atoms with Gasteiger partial charge in [-0.2, -0.15) is 0 Å². The lowest BCUT2D eigenvalue weighted by Crippen LogP contribution is -2.14. The number of hydrogen-bond acceptors (Lipinski definition) is 4. The summed E-state index contributed by atoms with van der Waals surface area (Å²) in [5, 5.41) is 6.74. The number of nitrogens with one attached hydrogen (secondary N) is 2. The number of aromatic nitrogens is 2. The number of anilines is 2. The highest BCUT2D eigenvalue weighted by Crippen LogP contribution is 2.20. The molecule has 2 aromatic heterocycles. The number of rotatable bonds is 5. The van der Waals surface area contributed by atoms with Crippen molar-refractivity contribution >= 4 is 28.9 Å². The highest BCUT2D eigenvalue weighted by Gasteiger charge is 2.09. The van der Waals surface area contributed by atoms with Crippen LogP contribution in [0.15, 0.2) is 61.1 Å². The van der Waals surface area contributed by atoms with Gasteiger partial charge < -0.3 is 10.6 Å². The number of aryl methyl sites for hydroxylation is 1. The lowest BCUT2D eigenvalue weighted by atomic mass is 10.2. The Morgan fingerprint density at radius 3 is 2.60 bits per heavy atom. The fourth-order valence-electron chi connectivity index (χ4n) is 2.29. The average molecular weight is 353 g/mol. The minimum atomic E-state index is -0.258. The van der Waals surface area contributed by atoms with E-state index in [0.717, 1.165) is 22.5 Å². The summed E-state index contributed by atoms with van der Waals surface area (Å²) in [4.78, 5) is 20.5. The van der Waals surface area contributed by atoms with Crippen LogP contribution in [0, 0.1) is 6.92 Å². The van der Waals surface area contributed by atoms with E-state index in [1.807, 2.05) is 25.1 Å². The Labute approximate surface area is 151 Å². The first-order valence-electron chi connectivity index (χ1n) is 7.78. The molecule has 0 unspecified atom stereocenters. The first-order chi connectivity index (χ1) is 12.1. The van der Waals surface area contributed by atoms with Crippen LogP contribution in [0.5, 0.6) is 0 Å². The van der Waals surface area contributed by atoms with E-state index >= 15 is 0 Å². The summed E-state index contributed by atoms with van der Waals surface area (Å²) in [6.07, 6.45) is 5.15. The molecule has 2 heterocycles. The van der Waals surface area contributed by atoms with E-state index in [0.29, 0.717) is 17.3 Å². The van der Waals surface area contributed by atoms with Crippen molar-refractivity contribution in [2.75, 3.05) is 10.6 Å². The van der Waals surface area contributed by atoms with Crippen LogP contribution < -0.4 is 10.6 Å². The summed E-state index contributed by atoms with van der Waals surface area (Å²) in [6.45, 7) is 2.56. The number of benzene rings is 1. The van der Waals surface area contributed by atoms with E-state index in [2.05, 4.69) is 20.6 Å². The SMILES string of the molecule is Cc1cc(Cl)ccc1NC(=O)c1ccc(NCc2ccncc2)cn1.